The minimum absolute atomic E-state index is 0.371. The second-order valence-corrected chi connectivity index (χ2v) is 6.09. The molecule has 0 bridgehead atoms. The number of nitrogens with one attached hydrogen (secondary N) is 1. The number of carbonyl (C=O) groups is 1. The van der Waals surface area contributed by atoms with E-state index in [1.807, 2.05) is 31.2 Å². The van der Waals surface area contributed by atoms with Gasteiger partial charge in [0.25, 0.3) is 0 Å². The molecule has 0 heterocycles. The molecule has 0 saturated carbocycles. The molecule has 1 aromatic carbocycles. The molecule has 5 nitrogen and oxygen atoms in total. The largest absolute Gasteiger partial charge is 0.481 e. The predicted octanol–water partition coefficient (Wildman–Crippen LogP) is 1.45. The molecule has 1 aromatic rings. The van der Waals surface area contributed by atoms with E-state index in [1.165, 1.54) is 0 Å². The molecule has 0 radical (unpaired) electrons. The Balaban J connectivity index is 2.66. The van der Waals surface area contributed by atoms with Crippen LogP contribution in [0.25, 0.3) is 0 Å². The third-order valence-electron chi connectivity index (χ3n) is 2.52. The first kappa shape index (κ1) is 14.7. The summed E-state index contributed by atoms with van der Waals surface area (Å²) < 4.78 is 25.7. The van der Waals surface area contributed by atoms with Crippen molar-refractivity contribution in [2.45, 2.75) is 26.3 Å². The molecule has 0 unspecified atom stereocenters. The van der Waals surface area contributed by atoms with Crippen LogP contribution in [0.15, 0.2) is 24.3 Å². The minimum Gasteiger partial charge on any atom is -0.481 e. The Morgan fingerprint density at radius 3 is 2.39 bits per heavy atom. The summed E-state index contributed by atoms with van der Waals surface area (Å²) >= 11 is 0. The normalized spacial score (nSPS) is 13.2. The standard InChI is InChI=1S/C12H17NO4S/c1-9-3-5-11(6-4-9)10(2)13-18(16,17)8-7-12(14)15/h3-6,10,13H,7-8H2,1-2H3,(H,14,15)/t10-/m0/s1. The summed E-state index contributed by atoms with van der Waals surface area (Å²) in [5.41, 5.74) is 1.94. The molecule has 2 N–H and O–H groups in total. The van der Waals surface area contributed by atoms with Crippen LogP contribution in [0.5, 0.6) is 0 Å². The molecule has 0 aliphatic rings. The highest BCUT2D eigenvalue weighted by Crippen LogP contribution is 2.14. The molecule has 100 valence electrons. The fraction of sp³-hybridized carbons (Fsp3) is 0.417. The molecular formula is C12H17NO4S. The smallest absolute Gasteiger partial charge is 0.304 e. The van der Waals surface area contributed by atoms with E-state index in [4.69, 9.17) is 5.11 Å². The van der Waals surface area contributed by atoms with E-state index in [0.717, 1.165) is 11.1 Å². The maximum absolute atomic E-state index is 11.6. The lowest BCUT2D eigenvalue weighted by Crippen LogP contribution is -2.30. The van der Waals surface area contributed by atoms with E-state index in [9.17, 15) is 13.2 Å². The fourth-order valence-electron chi connectivity index (χ4n) is 1.47. The molecule has 1 rings (SSSR count). The van der Waals surface area contributed by atoms with Crippen molar-refractivity contribution < 1.29 is 18.3 Å². The lowest BCUT2D eigenvalue weighted by Gasteiger charge is -2.14. The van der Waals surface area contributed by atoms with Gasteiger partial charge in [-0.25, -0.2) is 13.1 Å². The Hall–Kier alpha value is -1.40. The molecule has 0 aromatic heterocycles. The first-order valence-corrected chi connectivity index (χ1v) is 7.24. The zero-order valence-electron chi connectivity index (χ0n) is 10.4. The van der Waals surface area contributed by atoms with E-state index < -0.39 is 28.2 Å². The predicted molar refractivity (Wildman–Crippen MR) is 68.8 cm³/mol. The van der Waals surface area contributed by atoms with Gasteiger partial charge < -0.3 is 5.11 Å². The number of sulfonamides is 1. The Labute approximate surface area is 107 Å². The van der Waals surface area contributed by atoms with Crippen molar-refractivity contribution >= 4 is 16.0 Å². The van der Waals surface area contributed by atoms with E-state index in [-0.39, 0.29) is 6.04 Å². The first-order valence-electron chi connectivity index (χ1n) is 5.58. The Morgan fingerprint density at radius 2 is 1.89 bits per heavy atom. The van der Waals surface area contributed by atoms with Crippen LogP contribution in [-0.2, 0) is 14.8 Å². The van der Waals surface area contributed by atoms with Gasteiger partial charge in [-0.2, -0.15) is 0 Å². The Kier molecular flexibility index (Phi) is 4.86. The minimum atomic E-state index is -3.56. The molecule has 0 amide bonds. The van der Waals surface area contributed by atoms with Crippen LogP contribution in [0.1, 0.15) is 30.5 Å². The molecule has 0 fully saturated rings. The van der Waals surface area contributed by atoms with Gasteiger partial charge in [-0.15, -0.1) is 0 Å². The van der Waals surface area contributed by atoms with Gasteiger partial charge in [0, 0.05) is 6.04 Å². The van der Waals surface area contributed by atoms with E-state index >= 15 is 0 Å². The van der Waals surface area contributed by atoms with Gasteiger partial charge in [0.15, 0.2) is 0 Å². The van der Waals surface area contributed by atoms with Gasteiger partial charge in [0.1, 0.15) is 0 Å². The highest BCUT2D eigenvalue weighted by Gasteiger charge is 2.16. The fourth-order valence-corrected chi connectivity index (χ4v) is 2.71. The van der Waals surface area contributed by atoms with E-state index in [1.54, 1.807) is 6.92 Å². The molecular weight excluding hydrogens is 254 g/mol. The van der Waals surface area contributed by atoms with E-state index in [2.05, 4.69) is 4.72 Å². The van der Waals surface area contributed by atoms with Crippen LogP contribution >= 0.6 is 0 Å². The van der Waals surface area contributed by atoms with Gasteiger partial charge >= 0.3 is 5.97 Å². The highest BCUT2D eigenvalue weighted by molar-refractivity contribution is 7.89. The maximum Gasteiger partial charge on any atom is 0.304 e. The second-order valence-electron chi connectivity index (χ2n) is 4.21. The van der Waals surface area contributed by atoms with Gasteiger partial charge in [-0.05, 0) is 19.4 Å². The lowest BCUT2D eigenvalue weighted by molar-refractivity contribution is -0.136. The number of hydrogen-bond donors (Lipinski definition) is 2. The number of aryl methyl sites for hydroxylation is 1. The van der Waals surface area contributed by atoms with Crippen molar-refractivity contribution in [3.8, 4) is 0 Å². The molecule has 0 aliphatic heterocycles. The van der Waals surface area contributed by atoms with Crippen LogP contribution in [0.4, 0.5) is 0 Å². The molecule has 1 atom stereocenters. The monoisotopic (exact) mass is 271 g/mol. The summed E-state index contributed by atoms with van der Waals surface area (Å²) in [6.07, 6.45) is -0.393. The van der Waals surface area contributed by atoms with Crippen LogP contribution in [0.2, 0.25) is 0 Å². The average Bonchev–Trinajstić information content (AvgIpc) is 2.27. The second kappa shape index (κ2) is 5.97. The highest BCUT2D eigenvalue weighted by atomic mass is 32.2. The number of rotatable bonds is 6. The molecule has 0 spiro atoms. The number of carboxylic acid groups (broad SMARTS) is 1. The summed E-state index contributed by atoms with van der Waals surface area (Å²) in [6.45, 7) is 3.68. The first-order chi connectivity index (χ1) is 8.30. The zero-order valence-corrected chi connectivity index (χ0v) is 11.2. The summed E-state index contributed by atoms with van der Waals surface area (Å²) in [7, 11) is -3.56. The number of hydrogen-bond acceptors (Lipinski definition) is 3. The van der Waals surface area contributed by atoms with Crippen LogP contribution < -0.4 is 4.72 Å². The average molecular weight is 271 g/mol. The van der Waals surface area contributed by atoms with Crippen LogP contribution in [0, 0.1) is 6.92 Å². The zero-order chi connectivity index (χ0) is 13.8. The van der Waals surface area contributed by atoms with Crippen molar-refractivity contribution in [2.24, 2.45) is 0 Å². The Bertz CT molecular complexity index is 507. The number of carboxylic acids is 1. The molecule has 0 aliphatic carbocycles. The maximum atomic E-state index is 11.6. The SMILES string of the molecule is Cc1ccc([C@H](C)NS(=O)(=O)CCC(=O)O)cc1. The quantitative estimate of drug-likeness (QED) is 0.820. The lowest BCUT2D eigenvalue weighted by atomic mass is 10.1. The summed E-state index contributed by atoms with van der Waals surface area (Å²) in [6, 6.07) is 7.12. The third kappa shape index (κ3) is 4.85. The van der Waals surface area contributed by atoms with Crippen LogP contribution in [0.3, 0.4) is 0 Å². The molecule has 18 heavy (non-hydrogen) atoms. The van der Waals surface area contributed by atoms with Crippen molar-refractivity contribution in [1.29, 1.82) is 0 Å². The Morgan fingerprint density at radius 1 is 1.33 bits per heavy atom. The van der Waals surface area contributed by atoms with Gasteiger partial charge in [0.2, 0.25) is 10.0 Å². The van der Waals surface area contributed by atoms with E-state index in [0.29, 0.717) is 0 Å². The number of benzene rings is 1. The van der Waals surface area contributed by atoms with Crippen molar-refractivity contribution in [1.82, 2.24) is 4.72 Å². The van der Waals surface area contributed by atoms with Gasteiger partial charge in [-0.3, -0.25) is 4.79 Å². The van der Waals surface area contributed by atoms with Crippen molar-refractivity contribution in [3.63, 3.8) is 0 Å². The topological polar surface area (TPSA) is 83.5 Å². The summed E-state index contributed by atoms with van der Waals surface area (Å²) in [4.78, 5) is 10.3. The van der Waals surface area contributed by atoms with Crippen LogP contribution in [-0.4, -0.2) is 25.2 Å². The van der Waals surface area contributed by atoms with Gasteiger partial charge in [0.05, 0.1) is 12.2 Å². The van der Waals surface area contributed by atoms with Crippen molar-refractivity contribution in [3.05, 3.63) is 35.4 Å². The van der Waals surface area contributed by atoms with Gasteiger partial charge in [-0.1, -0.05) is 29.8 Å². The molecule has 0 saturated heterocycles. The third-order valence-corrected chi connectivity index (χ3v) is 3.97. The summed E-state index contributed by atoms with van der Waals surface area (Å²) in [5, 5.41) is 8.47. The van der Waals surface area contributed by atoms with Crippen molar-refractivity contribution in [2.75, 3.05) is 5.75 Å². The number of aliphatic carboxylic acids is 1. The molecule has 6 heteroatoms. The summed E-state index contributed by atoms with van der Waals surface area (Å²) in [5.74, 6) is -1.53.